The summed E-state index contributed by atoms with van der Waals surface area (Å²) >= 11 is 0.326. The average Bonchev–Trinajstić information content (AvgIpc) is 1.89. The maximum absolute atomic E-state index is 10.7. The fourth-order valence-electron chi connectivity index (χ4n) is 0.464. The number of aliphatic hydroxyl groups excluding tert-OH is 1. The molecule has 4 heteroatoms. The number of hydrogen-bond acceptors (Lipinski definition) is 3. The van der Waals surface area contributed by atoms with E-state index >= 15 is 0 Å². The van der Waals surface area contributed by atoms with Gasteiger partial charge in [0.25, 0.3) is 0 Å². The van der Waals surface area contributed by atoms with Crippen LogP contribution in [0.15, 0.2) is 0 Å². The summed E-state index contributed by atoms with van der Waals surface area (Å²) in [5, 5.41) is 9.54. The third-order valence-corrected chi connectivity index (χ3v) is 2.25. The SMILES string of the molecule is CCOC(=O)C(O)C[Se]C. The Morgan fingerprint density at radius 1 is 1.80 bits per heavy atom. The van der Waals surface area contributed by atoms with Gasteiger partial charge in [0.15, 0.2) is 0 Å². The van der Waals surface area contributed by atoms with Crippen LogP contribution in [0.5, 0.6) is 0 Å². The summed E-state index contributed by atoms with van der Waals surface area (Å²) in [4.78, 5) is 10.7. The van der Waals surface area contributed by atoms with Gasteiger partial charge < -0.3 is 0 Å². The van der Waals surface area contributed by atoms with Crippen molar-refractivity contribution in [2.75, 3.05) is 6.61 Å². The standard InChI is InChI=1S/C6H12O3Se/c1-3-9-6(8)5(7)4-10-2/h5,7H,3-4H2,1-2H3. The van der Waals surface area contributed by atoms with Crippen molar-refractivity contribution in [1.29, 1.82) is 0 Å². The maximum atomic E-state index is 10.7. The van der Waals surface area contributed by atoms with E-state index in [9.17, 15) is 4.79 Å². The molecule has 10 heavy (non-hydrogen) atoms. The van der Waals surface area contributed by atoms with Crippen molar-refractivity contribution in [2.45, 2.75) is 24.2 Å². The minimum absolute atomic E-state index is 0.326. The first kappa shape index (κ1) is 9.95. The fourth-order valence-corrected chi connectivity index (χ4v) is 1.41. The van der Waals surface area contributed by atoms with Crippen LogP contribution in [0.3, 0.4) is 0 Å². The molecule has 60 valence electrons. The molecule has 0 saturated carbocycles. The van der Waals surface area contributed by atoms with Crippen LogP contribution < -0.4 is 0 Å². The number of carbonyl (C=O) groups is 1. The van der Waals surface area contributed by atoms with E-state index in [1.54, 1.807) is 6.92 Å². The third kappa shape index (κ3) is 3.88. The average molecular weight is 211 g/mol. The van der Waals surface area contributed by atoms with Crippen LogP contribution in [0.2, 0.25) is 11.1 Å². The van der Waals surface area contributed by atoms with E-state index in [0.29, 0.717) is 26.9 Å². The third-order valence-electron chi connectivity index (χ3n) is 0.883. The first-order chi connectivity index (χ1) is 4.72. The number of hydrogen-bond donors (Lipinski definition) is 1. The Kier molecular flexibility index (Phi) is 5.68. The second-order valence-corrected chi connectivity index (χ2v) is 3.63. The molecule has 0 aromatic carbocycles. The second-order valence-electron chi connectivity index (χ2n) is 1.72. The molecule has 1 atom stereocenters. The van der Waals surface area contributed by atoms with Crippen molar-refractivity contribution in [1.82, 2.24) is 0 Å². The van der Waals surface area contributed by atoms with Crippen molar-refractivity contribution in [3.8, 4) is 0 Å². The predicted molar refractivity (Wildman–Crippen MR) is 39.1 cm³/mol. The van der Waals surface area contributed by atoms with Crippen LogP contribution in [0.4, 0.5) is 0 Å². The molecule has 0 aliphatic rings. The molecule has 1 N–H and O–H groups in total. The van der Waals surface area contributed by atoms with Gasteiger partial charge in [0.05, 0.1) is 0 Å². The van der Waals surface area contributed by atoms with Gasteiger partial charge in [-0.1, -0.05) is 0 Å². The summed E-state index contributed by atoms with van der Waals surface area (Å²) in [7, 11) is 0. The Balaban J connectivity index is 3.49. The quantitative estimate of drug-likeness (QED) is 0.529. The van der Waals surface area contributed by atoms with E-state index in [-0.39, 0.29) is 0 Å². The Labute approximate surface area is 66.9 Å². The number of carbonyl (C=O) groups excluding carboxylic acids is 1. The number of aliphatic hydroxyl groups is 1. The molecule has 0 amide bonds. The van der Waals surface area contributed by atoms with Crippen molar-refractivity contribution in [3.63, 3.8) is 0 Å². The molecule has 3 nitrogen and oxygen atoms in total. The zero-order chi connectivity index (χ0) is 7.98. The van der Waals surface area contributed by atoms with Crippen LogP contribution in [0.1, 0.15) is 6.92 Å². The molecule has 0 bridgehead atoms. The summed E-state index contributed by atoms with van der Waals surface area (Å²) in [6, 6.07) is 0. The molecule has 0 heterocycles. The van der Waals surface area contributed by atoms with Crippen LogP contribution in [-0.4, -0.2) is 38.7 Å². The predicted octanol–water partition coefficient (Wildman–Crippen LogP) is 0.0810. The molecule has 0 aromatic heterocycles. The molecule has 0 rings (SSSR count). The second kappa shape index (κ2) is 5.71. The Morgan fingerprint density at radius 2 is 2.40 bits per heavy atom. The number of ether oxygens (including phenoxy) is 1. The number of esters is 1. The molecule has 1 unspecified atom stereocenters. The Hall–Kier alpha value is -0.0505. The zero-order valence-electron chi connectivity index (χ0n) is 6.16. The summed E-state index contributed by atoms with van der Waals surface area (Å²) < 4.78 is 4.58. The summed E-state index contributed by atoms with van der Waals surface area (Å²) in [6.45, 7) is 2.06. The summed E-state index contributed by atoms with van der Waals surface area (Å²) in [6.07, 6.45) is -0.898. The molecular formula is C6H12O3Se. The van der Waals surface area contributed by atoms with Crippen molar-refractivity contribution >= 4 is 20.9 Å². The zero-order valence-corrected chi connectivity index (χ0v) is 7.88. The van der Waals surface area contributed by atoms with E-state index in [1.165, 1.54) is 0 Å². The van der Waals surface area contributed by atoms with Crippen LogP contribution >= 0.6 is 0 Å². The molecule has 0 radical (unpaired) electrons. The Bertz CT molecular complexity index is 105. The molecule has 0 spiro atoms. The summed E-state index contributed by atoms with van der Waals surface area (Å²) in [5.41, 5.74) is 0. The van der Waals surface area contributed by atoms with Gasteiger partial charge in [-0.3, -0.25) is 0 Å². The van der Waals surface area contributed by atoms with E-state index < -0.39 is 12.1 Å². The van der Waals surface area contributed by atoms with Gasteiger partial charge in [0.2, 0.25) is 0 Å². The molecule has 0 aliphatic heterocycles. The van der Waals surface area contributed by atoms with Gasteiger partial charge >= 0.3 is 66.3 Å². The van der Waals surface area contributed by atoms with Crippen LogP contribution in [-0.2, 0) is 9.53 Å². The van der Waals surface area contributed by atoms with E-state index in [0.717, 1.165) is 0 Å². The van der Waals surface area contributed by atoms with Crippen LogP contribution in [0, 0.1) is 0 Å². The first-order valence-corrected chi connectivity index (χ1v) is 5.98. The van der Waals surface area contributed by atoms with Gasteiger partial charge in [-0.05, 0) is 0 Å². The number of rotatable bonds is 4. The van der Waals surface area contributed by atoms with Crippen molar-refractivity contribution in [3.05, 3.63) is 0 Å². The van der Waals surface area contributed by atoms with Gasteiger partial charge in [-0.15, -0.1) is 0 Å². The molecule has 0 saturated heterocycles. The van der Waals surface area contributed by atoms with E-state index in [4.69, 9.17) is 5.11 Å². The topological polar surface area (TPSA) is 46.5 Å². The van der Waals surface area contributed by atoms with Gasteiger partial charge in [0, 0.05) is 0 Å². The minimum atomic E-state index is -0.898. The fraction of sp³-hybridized carbons (Fsp3) is 0.833. The van der Waals surface area contributed by atoms with Gasteiger partial charge in [0.1, 0.15) is 0 Å². The normalized spacial score (nSPS) is 12.7. The Morgan fingerprint density at radius 3 is 2.80 bits per heavy atom. The molecule has 0 aromatic rings. The monoisotopic (exact) mass is 212 g/mol. The van der Waals surface area contributed by atoms with E-state index in [1.807, 2.05) is 5.82 Å². The van der Waals surface area contributed by atoms with Crippen molar-refractivity contribution < 1.29 is 14.6 Å². The molecule has 0 aliphatic carbocycles. The van der Waals surface area contributed by atoms with E-state index in [2.05, 4.69) is 4.74 Å². The van der Waals surface area contributed by atoms with Gasteiger partial charge in [-0.25, -0.2) is 0 Å². The summed E-state index contributed by atoms with van der Waals surface area (Å²) in [5.74, 6) is 1.47. The van der Waals surface area contributed by atoms with Crippen LogP contribution in [0.25, 0.3) is 0 Å². The van der Waals surface area contributed by atoms with Gasteiger partial charge in [-0.2, -0.15) is 0 Å². The molecule has 0 fully saturated rings. The van der Waals surface area contributed by atoms with Crippen molar-refractivity contribution in [2.24, 2.45) is 0 Å². The molecular weight excluding hydrogens is 199 g/mol. The first-order valence-electron chi connectivity index (χ1n) is 3.06.